The molecule has 1 aliphatic rings. The van der Waals surface area contributed by atoms with Crippen LogP contribution in [0.4, 0.5) is 4.79 Å². The van der Waals surface area contributed by atoms with Gasteiger partial charge in [0.15, 0.2) is 0 Å². The summed E-state index contributed by atoms with van der Waals surface area (Å²) in [5.74, 6) is -1.46. The van der Waals surface area contributed by atoms with Gasteiger partial charge >= 0.3 is 12.0 Å². The van der Waals surface area contributed by atoms with Crippen LogP contribution in [0.2, 0.25) is 0 Å². The van der Waals surface area contributed by atoms with Crippen LogP contribution >= 0.6 is 0 Å². The summed E-state index contributed by atoms with van der Waals surface area (Å²) in [5.41, 5.74) is 1.29. The SMILES string of the molecule is COC(=O)c1ccc(Cn2cc(C=C3C(=O)NC(=O)NC3=O)c3ccccc32)o1. The molecule has 0 aliphatic carbocycles. The summed E-state index contributed by atoms with van der Waals surface area (Å²) in [6, 6.07) is 9.78. The number of hydrogen-bond acceptors (Lipinski definition) is 6. The Morgan fingerprint density at radius 3 is 2.55 bits per heavy atom. The fourth-order valence-corrected chi connectivity index (χ4v) is 3.12. The molecule has 1 saturated heterocycles. The van der Waals surface area contributed by atoms with Crippen molar-refractivity contribution >= 4 is 40.8 Å². The average Bonchev–Trinajstić information content (AvgIpc) is 3.30. The number of ether oxygens (including phenoxy) is 1. The van der Waals surface area contributed by atoms with Gasteiger partial charge in [0.1, 0.15) is 11.3 Å². The molecule has 0 radical (unpaired) electrons. The first kappa shape index (κ1) is 18.2. The van der Waals surface area contributed by atoms with Crippen molar-refractivity contribution in [2.75, 3.05) is 7.11 Å². The van der Waals surface area contributed by atoms with Crippen LogP contribution in [0.3, 0.4) is 0 Å². The molecule has 0 atom stereocenters. The van der Waals surface area contributed by atoms with E-state index >= 15 is 0 Å². The number of hydrogen-bond donors (Lipinski definition) is 2. The number of furan rings is 1. The summed E-state index contributed by atoms with van der Waals surface area (Å²) in [6.07, 6.45) is 3.19. The number of aromatic nitrogens is 1. The minimum Gasteiger partial charge on any atom is -0.463 e. The maximum Gasteiger partial charge on any atom is 0.373 e. The van der Waals surface area contributed by atoms with Gasteiger partial charge in [-0.15, -0.1) is 0 Å². The van der Waals surface area contributed by atoms with E-state index in [1.807, 2.05) is 39.5 Å². The first-order chi connectivity index (χ1) is 14.0. The number of imide groups is 2. The number of carbonyl (C=O) groups is 4. The predicted octanol–water partition coefficient (Wildman–Crippen LogP) is 1.82. The summed E-state index contributed by atoms with van der Waals surface area (Å²) in [5, 5.41) is 4.90. The topological polar surface area (TPSA) is 120 Å². The molecule has 2 N–H and O–H groups in total. The van der Waals surface area contributed by atoms with Crippen molar-refractivity contribution in [3.8, 4) is 0 Å². The fourth-order valence-electron chi connectivity index (χ4n) is 3.12. The molecule has 4 amide bonds. The number of amides is 4. The smallest absolute Gasteiger partial charge is 0.373 e. The lowest BCUT2D eigenvalue weighted by molar-refractivity contribution is -0.123. The number of rotatable bonds is 4. The largest absolute Gasteiger partial charge is 0.463 e. The second kappa shape index (κ2) is 7.12. The highest BCUT2D eigenvalue weighted by Gasteiger charge is 2.28. The van der Waals surface area contributed by atoms with Crippen molar-refractivity contribution < 1.29 is 28.3 Å². The molecule has 0 spiro atoms. The van der Waals surface area contributed by atoms with Crippen LogP contribution in [0.5, 0.6) is 0 Å². The minimum atomic E-state index is -0.848. The molecule has 0 unspecified atom stereocenters. The Hall–Kier alpha value is -4.14. The third-order valence-electron chi connectivity index (χ3n) is 4.44. The summed E-state index contributed by atoms with van der Waals surface area (Å²) in [7, 11) is 1.27. The van der Waals surface area contributed by atoms with Gasteiger partial charge in [-0.3, -0.25) is 20.2 Å². The highest BCUT2D eigenvalue weighted by Crippen LogP contribution is 2.25. The van der Waals surface area contributed by atoms with E-state index in [1.165, 1.54) is 19.3 Å². The van der Waals surface area contributed by atoms with Gasteiger partial charge in [0.25, 0.3) is 11.8 Å². The molecule has 0 saturated carbocycles. The molecule has 4 rings (SSSR count). The van der Waals surface area contributed by atoms with Crippen LogP contribution in [0, 0.1) is 0 Å². The zero-order valence-corrected chi connectivity index (χ0v) is 15.2. The number of nitrogens with one attached hydrogen (secondary N) is 2. The molecule has 3 aromatic rings. The first-order valence-electron chi connectivity index (χ1n) is 8.59. The van der Waals surface area contributed by atoms with E-state index < -0.39 is 23.8 Å². The lowest BCUT2D eigenvalue weighted by Gasteiger charge is -2.13. The molecule has 1 aromatic carbocycles. The summed E-state index contributed by atoms with van der Waals surface area (Å²) in [6.45, 7) is 0.317. The monoisotopic (exact) mass is 393 g/mol. The second-order valence-electron chi connectivity index (χ2n) is 6.28. The van der Waals surface area contributed by atoms with Gasteiger partial charge in [-0.1, -0.05) is 18.2 Å². The van der Waals surface area contributed by atoms with Gasteiger partial charge in [-0.05, 0) is 24.3 Å². The van der Waals surface area contributed by atoms with E-state index in [0.29, 0.717) is 17.9 Å². The quantitative estimate of drug-likeness (QED) is 0.396. The fraction of sp³-hybridized carbons (Fsp3) is 0.100. The van der Waals surface area contributed by atoms with E-state index in [9.17, 15) is 19.2 Å². The van der Waals surface area contributed by atoms with E-state index in [2.05, 4.69) is 4.74 Å². The highest BCUT2D eigenvalue weighted by atomic mass is 16.5. The average molecular weight is 393 g/mol. The zero-order valence-electron chi connectivity index (χ0n) is 15.2. The molecule has 29 heavy (non-hydrogen) atoms. The maximum atomic E-state index is 12.0. The van der Waals surface area contributed by atoms with Crippen LogP contribution in [0.1, 0.15) is 21.9 Å². The molecular formula is C20H15N3O6. The predicted molar refractivity (Wildman–Crippen MR) is 101 cm³/mol. The van der Waals surface area contributed by atoms with Crippen LogP contribution < -0.4 is 10.6 Å². The molecule has 1 fully saturated rings. The Labute approximate surface area is 163 Å². The molecule has 146 valence electrons. The molecule has 1 aliphatic heterocycles. The van der Waals surface area contributed by atoms with Crippen molar-refractivity contribution in [1.29, 1.82) is 0 Å². The Kier molecular flexibility index (Phi) is 4.47. The third-order valence-corrected chi connectivity index (χ3v) is 4.44. The molecule has 3 heterocycles. The van der Waals surface area contributed by atoms with Gasteiger partial charge in [0.2, 0.25) is 5.76 Å². The van der Waals surface area contributed by atoms with Crippen LogP contribution in [-0.2, 0) is 20.9 Å². The van der Waals surface area contributed by atoms with E-state index in [-0.39, 0.29) is 11.3 Å². The Morgan fingerprint density at radius 1 is 1.10 bits per heavy atom. The van der Waals surface area contributed by atoms with Crippen molar-refractivity contribution in [3.63, 3.8) is 0 Å². The Balaban J connectivity index is 1.72. The lowest BCUT2D eigenvalue weighted by Crippen LogP contribution is -2.51. The van der Waals surface area contributed by atoms with Gasteiger partial charge in [-0.2, -0.15) is 0 Å². The Morgan fingerprint density at radius 2 is 1.83 bits per heavy atom. The summed E-state index contributed by atoms with van der Waals surface area (Å²) < 4.78 is 12.0. The zero-order chi connectivity index (χ0) is 20.5. The third kappa shape index (κ3) is 3.41. The number of methoxy groups -OCH3 is 1. The van der Waals surface area contributed by atoms with Crippen molar-refractivity contribution in [2.45, 2.75) is 6.54 Å². The molecule has 9 heteroatoms. The van der Waals surface area contributed by atoms with Crippen molar-refractivity contribution in [2.24, 2.45) is 0 Å². The van der Waals surface area contributed by atoms with E-state index in [4.69, 9.17) is 4.42 Å². The number of esters is 1. The number of urea groups is 1. The van der Waals surface area contributed by atoms with Gasteiger partial charge in [-0.25, -0.2) is 9.59 Å². The van der Waals surface area contributed by atoms with Crippen LogP contribution in [0.25, 0.3) is 17.0 Å². The summed E-state index contributed by atoms with van der Waals surface area (Å²) >= 11 is 0. The molecular weight excluding hydrogens is 378 g/mol. The molecule has 0 bridgehead atoms. The first-order valence-corrected chi connectivity index (χ1v) is 8.59. The Bertz CT molecular complexity index is 1180. The number of benzene rings is 1. The standard InChI is InChI=1S/C20H15N3O6/c1-28-19(26)16-7-6-12(29-16)10-23-9-11(13-4-2-3-5-15(13)23)8-14-17(24)21-20(27)22-18(14)25/h2-9H,10H2,1H3,(H2,21,22,24,25,27). The van der Waals surface area contributed by atoms with Gasteiger partial charge < -0.3 is 13.7 Å². The number of barbiturate groups is 1. The van der Waals surface area contributed by atoms with E-state index in [1.54, 1.807) is 12.3 Å². The van der Waals surface area contributed by atoms with Crippen LogP contribution in [0.15, 0.2) is 52.6 Å². The van der Waals surface area contributed by atoms with Crippen molar-refractivity contribution in [1.82, 2.24) is 15.2 Å². The van der Waals surface area contributed by atoms with Crippen molar-refractivity contribution in [3.05, 3.63) is 65.3 Å². The highest BCUT2D eigenvalue weighted by molar-refractivity contribution is 6.31. The van der Waals surface area contributed by atoms with E-state index in [0.717, 1.165) is 10.9 Å². The lowest BCUT2D eigenvalue weighted by atomic mass is 10.1. The number of nitrogens with zero attached hydrogens (tertiary/aromatic N) is 1. The molecule has 2 aromatic heterocycles. The number of para-hydroxylation sites is 1. The van der Waals surface area contributed by atoms with Gasteiger partial charge in [0.05, 0.1) is 13.7 Å². The minimum absolute atomic E-state index is 0.0986. The summed E-state index contributed by atoms with van der Waals surface area (Å²) in [4.78, 5) is 46.8. The molecule has 9 nitrogen and oxygen atoms in total. The number of fused-ring (bicyclic) bond motifs is 1. The normalized spacial score (nSPS) is 14.0. The maximum absolute atomic E-state index is 12.0. The second-order valence-corrected chi connectivity index (χ2v) is 6.28. The van der Waals surface area contributed by atoms with Gasteiger partial charge in [0, 0.05) is 22.7 Å². The van der Waals surface area contributed by atoms with Crippen LogP contribution in [-0.4, -0.2) is 35.5 Å². The number of carbonyl (C=O) groups excluding carboxylic acids is 4.